The third-order valence-corrected chi connectivity index (χ3v) is 5.14. The molecule has 3 aromatic heterocycles. The van der Waals surface area contributed by atoms with Gasteiger partial charge in [-0.2, -0.15) is 10.2 Å². The van der Waals surface area contributed by atoms with Crippen molar-refractivity contribution >= 4 is 22.8 Å². The molecule has 9 heteroatoms. The molecule has 0 bridgehead atoms. The molecule has 166 valence electrons. The lowest BCUT2D eigenvalue weighted by molar-refractivity contribution is 0.0950. The maximum atomic E-state index is 12.4. The van der Waals surface area contributed by atoms with Crippen molar-refractivity contribution in [3.63, 3.8) is 0 Å². The summed E-state index contributed by atoms with van der Waals surface area (Å²) in [4.78, 5) is 25.2. The summed E-state index contributed by atoms with van der Waals surface area (Å²) in [7, 11) is 0. The van der Waals surface area contributed by atoms with Crippen LogP contribution in [0.15, 0.2) is 102 Å². The molecule has 0 aliphatic rings. The molecule has 3 heterocycles. The van der Waals surface area contributed by atoms with E-state index < -0.39 is 0 Å². The number of hydrogen-bond acceptors (Lipinski definition) is 7. The number of para-hydroxylation sites is 1. The zero-order chi connectivity index (χ0) is 23.2. The standard InChI is InChI=1S/C25H20N8O/c34-25(27-15-20-6-4-5-13-26-20)19-11-9-18(10-12-19)14-30-32-23-22-16-31-33(24(22)29-17-28-23)21-7-2-1-3-8-21/h1-13,16-17H,14-15H2,(H,27,34). The normalized spacial score (nSPS) is 11.2. The smallest absolute Gasteiger partial charge is 0.251 e. The number of amides is 1. The van der Waals surface area contributed by atoms with Crippen molar-refractivity contribution in [2.45, 2.75) is 13.1 Å². The number of nitrogens with one attached hydrogen (secondary N) is 1. The monoisotopic (exact) mass is 448 g/mol. The minimum absolute atomic E-state index is 0.155. The first-order valence-electron chi connectivity index (χ1n) is 10.7. The van der Waals surface area contributed by atoms with Gasteiger partial charge in [-0.1, -0.05) is 36.4 Å². The molecule has 5 rings (SSSR count). The van der Waals surface area contributed by atoms with Gasteiger partial charge < -0.3 is 5.32 Å². The fourth-order valence-corrected chi connectivity index (χ4v) is 3.39. The average molecular weight is 448 g/mol. The van der Waals surface area contributed by atoms with Crippen LogP contribution < -0.4 is 5.32 Å². The Kier molecular flexibility index (Phi) is 6.06. The number of nitrogens with zero attached hydrogens (tertiary/aromatic N) is 7. The predicted molar refractivity (Wildman–Crippen MR) is 127 cm³/mol. The highest BCUT2D eigenvalue weighted by atomic mass is 16.1. The number of pyridine rings is 1. The first kappa shape index (κ1) is 21.1. The summed E-state index contributed by atoms with van der Waals surface area (Å²) in [6, 6.07) is 22.6. The van der Waals surface area contributed by atoms with Gasteiger partial charge in [-0.05, 0) is 42.0 Å². The van der Waals surface area contributed by atoms with Gasteiger partial charge in [0.2, 0.25) is 0 Å². The molecule has 0 saturated carbocycles. The Bertz CT molecular complexity index is 1430. The zero-order valence-corrected chi connectivity index (χ0v) is 18.1. The fourth-order valence-electron chi connectivity index (χ4n) is 3.39. The van der Waals surface area contributed by atoms with Crippen molar-refractivity contribution in [3.05, 3.63) is 108 Å². The Balaban J connectivity index is 1.24. The maximum absolute atomic E-state index is 12.4. The first-order valence-corrected chi connectivity index (χ1v) is 10.7. The topological polar surface area (TPSA) is 110 Å². The number of hydrogen-bond donors (Lipinski definition) is 1. The van der Waals surface area contributed by atoms with Crippen LogP contribution >= 0.6 is 0 Å². The second-order valence-corrected chi connectivity index (χ2v) is 7.43. The van der Waals surface area contributed by atoms with E-state index in [0.717, 1.165) is 22.3 Å². The predicted octanol–water partition coefficient (Wildman–Crippen LogP) is 4.42. The second kappa shape index (κ2) is 9.78. The van der Waals surface area contributed by atoms with Crippen molar-refractivity contribution in [3.8, 4) is 5.69 Å². The molecule has 0 fully saturated rings. The minimum Gasteiger partial charge on any atom is -0.346 e. The summed E-state index contributed by atoms with van der Waals surface area (Å²) >= 11 is 0. The number of aromatic nitrogens is 5. The molecule has 0 saturated heterocycles. The molecule has 0 radical (unpaired) electrons. The van der Waals surface area contributed by atoms with E-state index in [1.807, 2.05) is 60.7 Å². The Hall–Kier alpha value is -4.79. The number of azo groups is 1. The molecule has 0 aliphatic heterocycles. The maximum Gasteiger partial charge on any atom is 0.251 e. The van der Waals surface area contributed by atoms with E-state index in [9.17, 15) is 4.79 Å². The van der Waals surface area contributed by atoms with Crippen LogP contribution in [-0.4, -0.2) is 30.6 Å². The lowest BCUT2D eigenvalue weighted by Gasteiger charge is -2.05. The largest absolute Gasteiger partial charge is 0.346 e. The van der Waals surface area contributed by atoms with Crippen LogP contribution in [0.4, 0.5) is 5.82 Å². The number of rotatable bonds is 7. The number of carbonyl (C=O) groups is 1. The van der Waals surface area contributed by atoms with Gasteiger partial charge in [0.1, 0.15) is 6.33 Å². The van der Waals surface area contributed by atoms with Crippen molar-refractivity contribution in [1.29, 1.82) is 0 Å². The van der Waals surface area contributed by atoms with Gasteiger partial charge in [-0.25, -0.2) is 14.6 Å². The molecule has 34 heavy (non-hydrogen) atoms. The second-order valence-electron chi connectivity index (χ2n) is 7.43. The van der Waals surface area contributed by atoms with Crippen molar-refractivity contribution < 1.29 is 4.79 Å². The van der Waals surface area contributed by atoms with E-state index in [-0.39, 0.29) is 5.91 Å². The molecular weight excluding hydrogens is 428 g/mol. The fraction of sp³-hybridized carbons (Fsp3) is 0.0800. The van der Waals surface area contributed by atoms with Gasteiger partial charge in [0.15, 0.2) is 11.5 Å². The van der Waals surface area contributed by atoms with Gasteiger partial charge >= 0.3 is 0 Å². The average Bonchev–Trinajstić information content (AvgIpc) is 3.34. The Morgan fingerprint density at radius 1 is 0.912 bits per heavy atom. The van der Waals surface area contributed by atoms with Gasteiger partial charge in [-0.15, -0.1) is 5.11 Å². The molecule has 0 spiro atoms. The highest BCUT2D eigenvalue weighted by Crippen LogP contribution is 2.24. The van der Waals surface area contributed by atoms with E-state index in [4.69, 9.17) is 0 Å². The Morgan fingerprint density at radius 3 is 2.53 bits per heavy atom. The molecule has 0 unspecified atom stereocenters. The third kappa shape index (κ3) is 4.68. The minimum atomic E-state index is -0.155. The summed E-state index contributed by atoms with van der Waals surface area (Å²) in [6.45, 7) is 0.734. The van der Waals surface area contributed by atoms with Gasteiger partial charge in [0.05, 0.1) is 36.1 Å². The number of fused-ring (bicyclic) bond motifs is 1. The molecule has 1 amide bonds. The van der Waals surface area contributed by atoms with E-state index >= 15 is 0 Å². The van der Waals surface area contributed by atoms with Gasteiger partial charge in [0, 0.05) is 11.8 Å². The van der Waals surface area contributed by atoms with Crippen molar-refractivity contribution in [2.24, 2.45) is 10.2 Å². The molecule has 2 aromatic carbocycles. The van der Waals surface area contributed by atoms with Crippen LogP contribution in [0, 0.1) is 0 Å². The number of benzene rings is 2. The van der Waals surface area contributed by atoms with E-state index in [1.54, 1.807) is 29.2 Å². The van der Waals surface area contributed by atoms with Crippen LogP contribution in [0.25, 0.3) is 16.7 Å². The van der Waals surface area contributed by atoms with E-state index in [2.05, 4.69) is 35.6 Å². The third-order valence-electron chi connectivity index (χ3n) is 5.14. The quantitative estimate of drug-likeness (QED) is 0.371. The Labute approximate surface area is 195 Å². The summed E-state index contributed by atoms with van der Waals surface area (Å²) in [5.74, 6) is 0.301. The molecule has 0 aliphatic carbocycles. The van der Waals surface area contributed by atoms with Crippen LogP contribution in [0.2, 0.25) is 0 Å². The molecule has 9 nitrogen and oxygen atoms in total. The highest BCUT2D eigenvalue weighted by molar-refractivity contribution is 5.94. The zero-order valence-electron chi connectivity index (χ0n) is 18.1. The van der Waals surface area contributed by atoms with Crippen molar-refractivity contribution in [2.75, 3.05) is 0 Å². The Morgan fingerprint density at radius 2 is 1.74 bits per heavy atom. The highest BCUT2D eigenvalue weighted by Gasteiger charge is 2.11. The summed E-state index contributed by atoms with van der Waals surface area (Å²) in [5.41, 5.74) is 3.87. The summed E-state index contributed by atoms with van der Waals surface area (Å²) in [6.07, 6.45) is 4.85. The van der Waals surface area contributed by atoms with Crippen molar-refractivity contribution in [1.82, 2.24) is 30.0 Å². The SMILES string of the molecule is O=C(NCc1ccccn1)c1ccc(CN=Nc2ncnc3c2cnn3-c2ccccc2)cc1. The molecule has 0 atom stereocenters. The lowest BCUT2D eigenvalue weighted by Crippen LogP contribution is -2.23. The molecular formula is C25H20N8O. The molecule has 5 aromatic rings. The van der Waals surface area contributed by atoms with Gasteiger partial charge in [-0.3, -0.25) is 9.78 Å². The summed E-state index contributed by atoms with van der Waals surface area (Å²) < 4.78 is 1.74. The summed E-state index contributed by atoms with van der Waals surface area (Å²) in [5, 5.41) is 16.6. The van der Waals surface area contributed by atoms with Crippen LogP contribution in [-0.2, 0) is 13.1 Å². The lowest BCUT2D eigenvalue weighted by atomic mass is 10.1. The molecule has 1 N–H and O–H groups in total. The van der Waals surface area contributed by atoms with Crippen LogP contribution in [0.5, 0.6) is 0 Å². The van der Waals surface area contributed by atoms with Crippen LogP contribution in [0.3, 0.4) is 0 Å². The van der Waals surface area contributed by atoms with Gasteiger partial charge in [0.25, 0.3) is 5.91 Å². The van der Waals surface area contributed by atoms with E-state index in [1.165, 1.54) is 6.33 Å². The number of carbonyl (C=O) groups excluding carboxylic acids is 1. The van der Waals surface area contributed by atoms with Crippen LogP contribution in [0.1, 0.15) is 21.6 Å². The van der Waals surface area contributed by atoms with E-state index in [0.29, 0.717) is 30.1 Å². The first-order chi connectivity index (χ1) is 16.8.